The molecular formula is C28H30BN3O4. The predicted molar refractivity (Wildman–Crippen MR) is 141 cm³/mol. The van der Waals surface area contributed by atoms with Gasteiger partial charge in [0.15, 0.2) is 0 Å². The summed E-state index contributed by atoms with van der Waals surface area (Å²) in [5.41, 5.74) is 4.16. The van der Waals surface area contributed by atoms with Crippen LogP contribution in [0.5, 0.6) is 0 Å². The van der Waals surface area contributed by atoms with E-state index in [4.69, 9.17) is 14.3 Å². The van der Waals surface area contributed by atoms with Crippen molar-refractivity contribution in [2.75, 3.05) is 6.54 Å². The standard InChI is InChI=1S/C28H30BN3O4/c1-27(2)28(3,4)36-29(35-27)21-11-9-17-7-8-18(14-20(17)15-21)19-10-12-22-23(16-19)31-25(30-22)24-6-5-13-32(24)26(33)34/h7-12,14-16,24H,5-6,13H2,1-4H3,(H,30,31)(H,33,34). The maximum Gasteiger partial charge on any atom is 0.494 e. The largest absolute Gasteiger partial charge is 0.494 e. The van der Waals surface area contributed by atoms with E-state index < -0.39 is 13.2 Å². The van der Waals surface area contributed by atoms with Crippen molar-refractivity contribution in [2.45, 2.75) is 57.8 Å². The summed E-state index contributed by atoms with van der Waals surface area (Å²) in [4.78, 5) is 21.1. The second-order valence-corrected chi connectivity index (χ2v) is 10.9. The van der Waals surface area contributed by atoms with Crippen LogP contribution in [-0.2, 0) is 9.31 Å². The molecule has 6 rings (SSSR count). The molecule has 0 saturated carbocycles. The summed E-state index contributed by atoms with van der Waals surface area (Å²) < 4.78 is 12.5. The highest BCUT2D eigenvalue weighted by molar-refractivity contribution is 6.62. The summed E-state index contributed by atoms with van der Waals surface area (Å²) >= 11 is 0. The quantitative estimate of drug-likeness (QED) is 0.376. The van der Waals surface area contributed by atoms with Crippen LogP contribution in [0, 0.1) is 0 Å². The van der Waals surface area contributed by atoms with Crippen LogP contribution < -0.4 is 5.46 Å². The lowest BCUT2D eigenvalue weighted by Gasteiger charge is -2.32. The van der Waals surface area contributed by atoms with Crippen molar-refractivity contribution in [2.24, 2.45) is 0 Å². The monoisotopic (exact) mass is 483 g/mol. The normalized spacial score (nSPS) is 21.1. The minimum absolute atomic E-state index is 0.215. The number of imidazole rings is 1. The fraction of sp³-hybridized carbons (Fsp3) is 0.357. The molecular weight excluding hydrogens is 453 g/mol. The highest BCUT2D eigenvalue weighted by Crippen LogP contribution is 2.37. The van der Waals surface area contributed by atoms with Gasteiger partial charge in [-0.2, -0.15) is 0 Å². The van der Waals surface area contributed by atoms with Crippen LogP contribution in [-0.4, -0.2) is 50.9 Å². The van der Waals surface area contributed by atoms with E-state index in [9.17, 15) is 9.90 Å². The molecule has 1 atom stereocenters. The van der Waals surface area contributed by atoms with Crippen LogP contribution in [0.3, 0.4) is 0 Å². The average molecular weight is 483 g/mol. The minimum Gasteiger partial charge on any atom is -0.465 e. The van der Waals surface area contributed by atoms with E-state index >= 15 is 0 Å². The fourth-order valence-electron chi connectivity index (χ4n) is 5.22. The molecule has 2 saturated heterocycles. The summed E-state index contributed by atoms with van der Waals surface area (Å²) in [5, 5.41) is 11.8. The summed E-state index contributed by atoms with van der Waals surface area (Å²) in [6.45, 7) is 8.81. The topological polar surface area (TPSA) is 87.7 Å². The average Bonchev–Trinajstić information content (AvgIpc) is 3.53. The van der Waals surface area contributed by atoms with Crippen molar-refractivity contribution >= 4 is 40.5 Å². The molecule has 1 unspecified atom stereocenters. The molecule has 8 heteroatoms. The van der Waals surface area contributed by atoms with Gasteiger partial charge in [-0.3, -0.25) is 4.90 Å². The molecule has 36 heavy (non-hydrogen) atoms. The fourth-order valence-corrected chi connectivity index (χ4v) is 5.22. The van der Waals surface area contributed by atoms with Crippen molar-refractivity contribution in [3.05, 3.63) is 60.4 Å². The van der Waals surface area contributed by atoms with Gasteiger partial charge in [0.1, 0.15) is 5.82 Å². The molecule has 1 amide bonds. The molecule has 184 valence electrons. The maximum absolute atomic E-state index is 11.6. The number of aromatic amines is 1. The molecule has 4 aromatic rings. The van der Waals surface area contributed by atoms with Crippen LogP contribution in [0.2, 0.25) is 0 Å². The highest BCUT2D eigenvalue weighted by atomic mass is 16.7. The van der Waals surface area contributed by atoms with Crippen LogP contribution in [0.25, 0.3) is 32.9 Å². The Kier molecular flexibility index (Phi) is 5.18. The zero-order valence-electron chi connectivity index (χ0n) is 21.0. The number of carbonyl (C=O) groups is 1. The van der Waals surface area contributed by atoms with E-state index in [1.54, 1.807) is 0 Å². The molecule has 0 aliphatic carbocycles. The first-order valence-corrected chi connectivity index (χ1v) is 12.5. The number of fused-ring (bicyclic) bond motifs is 2. The van der Waals surface area contributed by atoms with Gasteiger partial charge in [0.05, 0.1) is 28.3 Å². The third-order valence-corrected chi connectivity index (χ3v) is 8.04. The van der Waals surface area contributed by atoms with Crippen molar-refractivity contribution in [3.8, 4) is 11.1 Å². The van der Waals surface area contributed by atoms with Crippen molar-refractivity contribution in [1.82, 2.24) is 14.9 Å². The van der Waals surface area contributed by atoms with Gasteiger partial charge in [-0.15, -0.1) is 0 Å². The van der Waals surface area contributed by atoms with Crippen LogP contribution in [0.4, 0.5) is 4.79 Å². The third-order valence-electron chi connectivity index (χ3n) is 8.04. The Balaban J connectivity index is 1.32. The Morgan fingerprint density at radius 2 is 1.69 bits per heavy atom. The van der Waals surface area contributed by atoms with Gasteiger partial charge in [0.25, 0.3) is 0 Å². The Labute approximate surface area is 210 Å². The number of hydrogen-bond donors (Lipinski definition) is 2. The summed E-state index contributed by atoms with van der Waals surface area (Å²) in [6, 6.07) is 18.7. The zero-order valence-corrected chi connectivity index (χ0v) is 21.0. The molecule has 2 aliphatic rings. The Hall–Kier alpha value is -3.36. The molecule has 1 aromatic heterocycles. The molecule has 0 radical (unpaired) electrons. The number of H-pyrrole nitrogens is 1. The molecule has 7 nitrogen and oxygen atoms in total. The first-order valence-electron chi connectivity index (χ1n) is 12.5. The first-order chi connectivity index (χ1) is 17.1. The molecule has 0 spiro atoms. The lowest BCUT2D eigenvalue weighted by atomic mass is 9.78. The maximum atomic E-state index is 11.6. The number of benzene rings is 3. The van der Waals surface area contributed by atoms with Crippen LogP contribution in [0.15, 0.2) is 54.6 Å². The number of likely N-dealkylation sites (tertiary alicyclic amines) is 1. The molecule has 3 heterocycles. The van der Waals surface area contributed by atoms with Crippen molar-refractivity contribution in [1.29, 1.82) is 0 Å². The van der Waals surface area contributed by atoms with Gasteiger partial charge in [0.2, 0.25) is 0 Å². The second kappa shape index (κ2) is 8.08. The lowest BCUT2D eigenvalue weighted by molar-refractivity contribution is 0.00578. The van der Waals surface area contributed by atoms with Gasteiger partial charge < -0.3 is 19.4 Å². The molecule has 0 bridgehead atoms. The van der Waals surface area contributed by atoms with Gasteiger partial charge in [-0.05, 0) is 86.1 Å². The second-order valence-electron chi connectivity index (χ2n) is 10.9. The van der Waals surface area contributed by atoms with E-state index in [0.717, 1.165) is 51.2 Å². The molecule has 2 fully saturated rings. The van der Waals surface area contributed by atoms with Gasteiger partial charge >= 0.3 is 13.2 Å². The molecule has 3 aromatic carbocycles. The van der Waals surface area contributed by atoms with E-state index in [1.165, 1.54) is 4.90 Å². The summed E-state index contributed by atoms with van der Waals surface area (Å²) in [6.07, 6.45) is 0.744. The van der Waals surface area contributed by atoms with Gasteiger partial charge in [-0.1, -0.05) is 36.4 Å². The summed E-state index contributed by atoms with van der Waals surface area (Å²) in [7, 11) is -0.399. The van der Waals surface area contributed by atoms with E-state index in [2.05, 4.69) is 81.2 Å². The number of amides is 1. The Morgan fingerprint density at radius 3 is 2.44 bits per heavy atom. The minimum atomic E-state index is -0.894. The van der Waals surface area contributed by atoms with Crippen molar-refractivity contribution in [3.63, 3.8) is 0 Å². The highest BCUT2D eigenvalue weighted by Gasteiger charge is 2.51. The Bertz CT molecular complexity index is 1480. The van der Waals surface area contributed by atoms with E-state index in [-0.39, 0.29) is 17.2 Å². The number of nitrogens with one attached hydrogen (secondary N) is 1. The molecule has 2 N–H and O–H groups in total. The smallest absolute Gasteiger partial charge is 0.465 e. The molecule has 2 aliphatic heterocycles. The lowest BCUT2D eigenvalue weighted by Crippen LogP contribution is -2.41. The number of rotatable bonds is 3. The number of nitrogens with zero attached hydrogens (tertiary/aromatic N) is 2. The number of aromatic nitrogens is 2. The van der Waals surface area contributed by atoms with Crippen LogP contribution in [0.1, 0.15) is 52.4 Å². The van der Waals surface area contributed by atoms with E-state index in [1.807, 2.05) is 6.07 Å². The number of carboxylic acid groups (broad SMARTS) is 1. The number of hydrogen-bond acceptors (Lipinski definition) is 4. The van der Waals surface area contributed by atoms with Gasteiger partial charge in [0, 0.05) is 6.54 Å². The third kappa shape index (κ3) is 3.76. The SMILES string of the molecule is CC1(C)OB(c2ccc3ccc(-c4ccc5nc(C6CCCN6C(=O)O)[nH]c5c4)cc3c2)OC1(C)C. The van der Waals surface area contributed by atoms with Crippen LogP contribution >= 0.6 is 0 Å². The first kappa shape index (κ1) is 23.1. The summed E-state index contributed by atoms with van der Waals surface area (Å²) in [5.74, 6) is 0.715. The zero-order chi connectivity index (χ0) is 25.2. The van der Waals surface area contributed by atoms with Gasteiger partial charge in [-0.25, -0.2) is 9.78 Å². The predicted octanol–water partition coefficient (Wildman–Crippen LogP) is 5.50. The van der Waals surface area contributed by atoms with Crippen molar-refractivity contribution < 1.29 is 19.2 Å². The Morgan fingerprint density at radius 1 is 1.00 bits per heavy atom. The van der Waals surface area contributed by atoms with E-state index in [0.29, 0.717) is 12.4 Å².